The number of primary amides is 1. The summed E-state index contributed by atoms with van der Waals surface area (Å²) in [6.45, 7) is 2.91. The van der Waals surface area contributed by atoms with E-state index in [1.807, 2.05) is 0 Å². The molecule has 1 fully saturated rings. The molecule has 1 saturated carbocycles. The maximum absolute atomic E-state index is 11.0. The minimum atomic E-state index is -0.276. The highest BCUT2D eigenvalue weighted by Gasteiger charge is 2.31. The average Bonchev–Trinajstić information content (AvgIpc) is 2.95. The molecule has 82 valence electrons. The fraction of sp³-hybridized carbons (Fsp3) is 0.900. The van der Waals surface area contributed by atoms with E-state index in [0.29, 0.717) is 12.6 Å². The van der Waals surface area contributed by atoms with Crippen LogP contribution in [0, 0.1) is 5.92 Å². The van der Waals surface area contributed by atoms with Gasteiger partial charge < -0.3 is 16.0 Å². The van der Waals surface area contributed by atoms with Crippen LogP contribution in [0.4, 0.5) is 0 Å². The summed E-state index contributed by atoms with van der Waals surface area (Å²) in [7, 11) is 3.82. The largest absolute Gasteiger partial charge is 0.368 e. The molecule has 0 aromatic heterocycles. The van der Waals surface area contributed by atoms with Gasteiger partial charge in [-0.3, -0.25) is 4.79 Å². The third-order valence-corrected chi connectivity index (χ3v) is 3.16. The minimum absolute atomic E-state index is 0.235. The van der Waals surface area contributed by atoms with Gasteiger partial charge in [0.1, 0.15) is 0 Å². The smallest absolute Gasteiger partial charge is 0.235 e. The number of nitrogens with zero attached hydrogens (tertiary/aromatic N) is 1. The molecule has 1 aliphatic rings. The van der Waals surface area contributed by atoms with Gasteiger partial charge >= 0.3 is 0 Å². The van der Waals surface area contributed by atoms with E-state index in [9.17, 15) is 4.79 Å². The first-order valence-electron chi connectivity index (χ1n) is 5.23. The normalized spacial score (nSPS) is 20.9. The topological polar surface area (TPSA) is 58.4 Å². The number of likely N-dealkylation sites (N-methyl/N-ethyl adjacent to an activating group) is 2. The van der Waals surface area contributed by atoms with Crippen LogP contribution in [-0.4, -0.2) is 43.5 Å². The van der Waals surface area contributed by atoms with Crippen LogP contribution in [0.1, 0.15) is 19.8 Å². The Bertz CT molecular complexity index is 204. The third-order valence-electron chi connectivity index (χ3n) is 3.16. The van der Waals surface area contributed by atoms with Crippen LogP contribution < -0.4 is 11.1 Å². The number of carbonyl (C=O) groups excluding carboxylic acids is 1. The first-order valence-corrected chi connectivity index (χ1v) is 5.23. The van der Waals surface area contributed by atoms with Gasteiger partial charge in [0.2, 0.25) is 5.91 Å². The Hall–Kier alpha value is -0.610. The second-order valence-corrected chi connectivity index (χ2v) is 4.26. The molecule has 3 N–H and O–H groups in total. The van der Waals surface area contributed by atoms with Crippen molar-refractivity contribution in [2.75, 3.05) is 20.6 Å². The molecule has 2 unspecified atom stereocenters. The predicted molar refractivity (Wildman–Crippen MR) is 56.9 cm³/mol. The van der Waals surface area contributed by atoms with E-state index in [1.165, 1.54) is 12.8 Å². The molecular formula is C10H21N3O. The monoisotopic (exact) mass is 199 g/mol. The van der Waals surface area contributed by atoms with Crippen LogP contribution in [0.5, 0.6) is 0 Å². The van der Waals surface area contributed by atoms with E-state index in [4.69, 9.17) is 5.73 Å². The van der Waals surface area contributed by atoms with Crippen LogP contribution in [0.25, 0.3) is 0 Å². The van der Waals surface area contributed by atoms with Crippen molar-refractivity contribution in [3.05, 3.63) is 0 Å². The number of amides is 1. The molecule has 0 aliphatic heterocycles. The van der Waals surface area contributed by atoms with E-state index in [0.717, 1.165) is 5.92 Å². The second kappa shape index (κ2) is 4.75. The molecule has 0 saturated heterocycles. The van der Waals surface area contributed by atoms with E-state index < -0.39 is 0 Å². The molecular weight excluding hydrogens is 178 g/mol. The van der Waals surface area contributed by atoms with Gasteiger partial charge in [0, 0.05) is 12.6 Å². The highest BCUT2D eigenvalue weighted by Crippen LogP contribution is 2.34. The molecule has 2 atom stereocenters. The van der Waals surface area contributed by atoms with E-state index >= 15 is 0 Å². The van der Waals surface area contributed by atoms with Gasteiger partial charge in [0.05, 0.1) is 6.04 Å². The lowest BCUT2D eigenvalue weighted by molar-refractivity contribution is -0.120. The van der Waals surface area contributed by atoms with Crippen molar-refractivity contribution in [2.24, 2.45) is 11.7 Å². The fourth-order valence-corrected chi connectivity index (χ4v) is 1.72. The van der Waals surface area contributed by atoms with Crippen molar-refractivity contribution in [1.82, 2.24) is 10.2 Å². The van der Waals surface area contributed by atoms with Gasteiger partial charge in [-0.25, -0.2) is 0 Å². The molecule has 14 heavy (non-hydrogen) atoms. The summed E-state index contributed by atoms with van der Waals surface area (Å²) in [6.07, 6.45) is 2.65. The molecule has 0 spiro atoms. The first kappa shape index (κ1) is 11.5. The number of nitrogens with two attached hydrogens (primary N) is 1. The van der Waals surface area contributed by atoms with Crippen molar-refractivity contribution >= 4 is 5.91 Å². The van der Waals surface area contributed by atoms with Crippen molar-refractivity contribution in [3.63, 3.8) is 0 Å². The van der Waals surface area contributed by atoms with Gasteiger partial charge in [0.15, 0.2) is 0 Å². The van der Waals surface area contributed by atoms with Crippen LogP contribution in [0.2, 0.25) is 0 Å². The highest BCUT2D eigenvalue weighted by atomic mass is 16.1. The van der Waals surface area contributed by atoms with Gasteiger partial charge in [-0.1, -0.05) is 0 Å². The van der Waals surface area contributed by atoms with Crippen molar-refractivity contribution in [3.8, 4) is 0 Å². The van der Waals surface area contributed by atoms with Crippen LogP contribution in [0.15, 0.2) is 0 Å². The summed E-state index contributed by atoms with van der Waals surface area (Å²) >= 11 is 0. The minimum Gasteiger partial charge on any atom is -0.368 e. The highest BCUT2D eigenvalue weighted by molar-refractivity contribution is 5.80. The third kappa shape index (κ3) is 2.96. The standard InChI is InChI=1S/C10H21N3O/c1-7(8-4-5-8)13(3)6-9(12-2)10(11)14/h7-9,12H,4-6H2,1-3H3,(H2,11,14). The van der Waals surface area contributed by atoms with E-state index in [-0.39, 0.29) is 11.9 Å². The molecule has 0 heterocycles. The van der Waals surface area contributed by atoms with E-state index in [1.54, 1.807) is 7.05 Å². The van der Waals surface area contributed by atoms with E-state index in [2.05, 4.69) is 24.2 Å². The summed E-state index contributed by atoms with van der Waals surface area (Å²) in [6, 6.07) is 0.325. The Morgan fingerprint density at radius 3 is 2.57 bits per heavy atom. The zero-order valence-corrected chi connectivity index (χ0v) is 9.29. The second-order valence-electron chi connectivity index (χ2n) is 4.26. The number of rotatable bonds is 6. The first-order chi connectivity index (χ1) is 6.56. The lowest BCUT2D eigenvalue weighted by Crippen LogP contribution is -2.49. The maximum Gasteiger partial charge on any atom is 0.235 e. The van der Waals surface area contributed by atoms with Crippen LogP contribution >= 0.6 is 0 Å². The summed E-state index contributed by atoms with van der Waals surface area (Å²) in [5.74, 6) is 0.549. The molecule has 0 aromatic carbocycles. The maximum atomic E-state index is 11.0. The molecule has 0 bridgehead atoms. The van der Waals surface area contributed by atoms with Crippen LogP contribution in [-0.2, 0) is 4.79 Å². The SMILES string of the molecule is CNC(CN(C)C(C)C1CC1)C(N)=O. The molecule has 1 aliphatic carbocycles. The van der Waals surface area contributed by atoms with Gasteiger partial charge in [-0.05, 0) is 39.8 Å². The summed E-state index contributed by atoms with van der Waals surface area (Å²) in [5.41, 5.74) is 5.26. The zero-order chi connectivity index (χ0) is 10.7. The Labute approximate surface area is 85.8 Å². The lowest BCUT2D eigenvalue weighted by atomic mass is 10.1. The van der Waals surface area contributed by atoms with Gasteiger partial charge in [-0.2, -0.15) is 0 Å². The number of carbonyl (C=O) groups is 1. The molecule has 1 amide bonds. The Morgan fingerprint density at radius 1 is 1.64 bits per heavy atom. The Morgan fingerprint density at radius 2 is 2.21 bits per heavy atom. The molecule has 1 rings (SSSR count). The van der Waals surface area contributed by atoms with Gasteiger partial charge in [-0.15, -0.1) is 0 Å². The Kier molecular flexibility index (Phi) is 3.89. The van der Waals surface area contributed by atoms with Crippen LogP contribution in [0.3, 0.4) is 0 Å². The number of hydrogen-bond donors (Lipinski definition) is 2. The predicted octanol–water partition coefficient (Wildman–Crippen LogP) is -0.210. The molecule has 4 nitrogen and oxygen atoms in total. The Balaban J connectivity index is 2.36. The summed E-state index contributed by atoms with van der Waals surface area (Å²) < 4.78 is 0. The summed E-state index contributed by atoms with van der Waals surface area (Å²) in [5, 5.41) is 2.93. The zero-order valence-electron chi connectivity index (χ0n) is 9.29. The molecule has 4 heteroatoms. The average molecular weight is 199 g/mol. The van der Waals surface area contributed by atoms with Crippen molar-refractivity contribution < 1.29 is 4.79 Å². The molecule has 0 aromatic rings. The number of hydrogen-bond acceptors (Lipinski definition) is 3. The summed E-state index contributed by atoms with van der Waals surface area (Å²) in [4.78, 5) is 13.2. The van der Waals surface area contributed by atoms with Crippen molar-refractivity contribution in [2.45, 2.75) is 31.8 Å². The fourth-order valence-electron chi connectivity index (χ4n) is 1.72. The lowest BCUT2D eigenvalue weighted by Gasteiger charge is -2.27. The quantitative estimate of drug-likeness (QED) is 0.622. The molecule has 0 radical (unpaired) electrons. The number of nitrogens with one attached hydrogen (secondary N) is 1. The van der Waals surface area contributed by atoms with Gasteiger partial charge in [0.25, 0.3) is 0 Å². The van der Waals surface area contributed by atoms with Crippen molar-refractivity contribution in [1.29, 1.82) is 0 Å².